The molecule has 1 fully saturated rings. The van der Waals surface area contributed by atoms with Crippen molar-refractivity contribution < 1.29 is 51.1 Å². The molecule has 0 unspecified atom stereocenters. The van der Waals surface area contributed by atoms with Crippen LogP contribution in [-0.2, 0) is 0 Å². The van der Waals surface area contributed by atoms with E-state index in [-0.39, 0.29) is 18.5 Å². The second-order valence-electron chi connectivity index (χ2n) is 9.66. The Labute approximate surface area is 204 Å². The van der Waals surface area contributed by atoms with Crippen LogP contribution in [0.2, 0.25) is 5.02 Å². The minimum absolute atomic E-state index is 0.00726. The third-order valence-corrected chi connectivity index (χ3v) is 6.94. The second kappa shape index (κ2) is 7.98. The van der Waals surface area contributed by atoms with Gasteiger partial charge in [-0.25, -0.2) is 0 Å². The lowest BCUT2D eigenvalue weighted by atomic mass is 9.90. The number of aromatic hydroxyl groups is 5. The van der Waals surface area contributed by atoms with Gasteiger partial charge in [-0.1, -0.05) is 17.7 Å². The number of hydrogen-bond donors (Lipinski definition) is 10. The number of phenols is 5. The molecule has 35 heavy (non-hydrogen) atoms. The van der Waals surface area contributed by atoms with Crippen LogP contribution in [0.4, 0.5) is 0 Å². The Bertz CT molecular complexity index is 1130. The summed E-state index contributed by atoms with van der Waals surface area (Å²) >= 11 is 6.21. The summed E-state index contributed by atoms with van der Waals surface area (Å²) in [4.78, 5) is 1.95. The summed E-state index contributed by atoms with van der Waals surface area (Å²) in [7, 11) is 0. The van der Waals surface area contributed by atoms with Gasteiger partial charge in [-0.05, 0) is 43.5 Å². The van der Waals surface area contributed by atoms with Crippen LogP contribution < -0.4 is 0 Å². The van der Waals surface area contributed by atoms with Crippen LogP contribution in [0.25, 0.3) is 0 Å². The Hall–Kier alpha value is -2.55. The fourth-order valence-electron chi connectivity index (χ4n) is 5.60. The zero-order valence-electron chi connectivity index (χ0n) is 18.8. The van der Waals surface area contributed by atoms with E-state index in [9.17, 15) is 51.1 Å². The molecule has 0 aromatic heterocycles. The molecule has 1 heterocycles. The SMILES string of the molecule is CC1(C)CN([C@@H]2C[C@@H](c3c(O)c(O)c(O)c(O)c3O)c3ccc(Cl)cc32)CC(O)(O)N1C(O)(O)O. The highest BCUT2D eigenvalue weighted by Gasteiger charge is 2.58. The van der Waals surface area contributed by atoms with Crippen LogP contribution in [0, 0.1) is 0 Å². The van der Waals surface area contributed by atoms with Crippen LogP contribution >= 0.6 is 11.6 Å². The van der Waals surface area contributed by atoms with E-state index in [0.717, 1.165) is 0 Å². The fraction of sp³-hybridized carbons (Fsp3) is 0.455. The van der Waals surface area contributed by atoms with Gasteiger partial charge in [0.25, 0.3) is 0 Å². The third kappa shape index (κ3) is 4.01. The first kappa shape index (κ1) is 25.5. The number of halogens is 1. The largest absolute Gasteiger partial charge is 0.504 e. The van der Waals surface area contributed by atoms with Crippen molar-refractivity contribution in [2.75, 3.05) is 13.1 Å². The number of piperazine rings is 1. The first-order valence-corrected chi connectivity index (χ1v) is 11.0. The van der Waals surface area contributed by atoms with Crippen molar-refractivity contribution in [2.24, 2.45) is 0 Å². The van der Waals surface area contributed by atoms with E-state index < -0.39 is 64.8 Å². The fourth-order valence-corrected chi connectivity index (χ4v) is 5.78. The summed E-state index contributed by atoms with van der Waals surface area (Å²) in [6, 6.07) is 4.16. The standard InChI is InChI=1S/C22H27ClN2O10/c1-20(2)7-24(8-21(31,32)25(20)22(33,34)35)13-6-12(10-4-3-9(23)5-11(10)13)14-15(26)17(28)19(30)18(29)16(14)27/h3-5,12-13,26-35H,6-8H2,1-2H3/t12-,13-/m1/s1. The molecule has 12 nitrogen and oxygen atoms in total. The van der Waals surface area contributed by atoms with E-state index in [1.165, 1.54) is 13.8 Å². The van der Waals surface area contributed by atoms with E-state index in [1.54, 1.807) is 23.1 Å². The predicted octanol–water partition coefficient (Wildman–Crippen LogP) is 0.0675. The molecule has 192 valence electrons. The molecule has 2 atom stereocenters. The third-order valence-electron chi connectivity index (χ3n) is 6.71. The van der Waals surface area contributed by atoms with Gasteiger partial charge in [-0.3, -0.25) is 4.90 Å². The topological polar surface area (TPSA) is 209 Å². The summed E-state index contributed by atoms with van der Waals surface area (Å²) in [5.41, 5.74) is -0.522. The number of phenolic OH excluding ortho intramolecular Hbond substituents is 5. The Kier molecular flexibility index (Phi) is 5.82. The molecule has 13 heteroatoms. The molecule has 0 bridgehead atoms. The number of benzene rings is 2. The van der Waals surface area contributed by atoms with Crippen LogP contribution in [0.5, 0.6) is 28.7 Å². The van der Waals surface area contributed by atoms with E-state index in [4.69, 9.17) is 11.6 Å². The molecule has 1 aliphatic heterocycles. The molecule has 0 radical (unpaired) electrons. The molecule has 0 spiro atoms. The van der Waals surface area contributed by atoms with Crippen molar-refractivity contribution >= 4 is 11.6 Å². The van der Waals surface area contributed by atoms with Crippen molar-refractivity contribution in [1.82, 2.24) is 9.80 Å². The summed E-state index contributed by atoms with van der Waals surface area (Å²) < 4.78 is 0. The average Bonchev–Trinajstić information content (AvgIpc) is 3.06. The lowest BCUT2D eigenvalue weighted by Gasteiger charge is -2.56. The van der Waals surface area contributed by atoms with Gasteiger partial charge < -0.3 is 51.1 Å². The lowest BCUT2D eigenvalue weighted by molar-refractivity contribution is -0.489. The summed E-state index contributed by atoms with van der Waals surface area (Å²) in [6.45, 7) is 2.33. The maximum atomic E-state index is 10.7. The van der Waals surface area contributed by atoms with Crippen LogP contribution in [-0.4, -0.2) is 91.5 Å². The number of nitrogens with zero attached hydrogens (tertiary/aromatic N) is 2. The number of β-amino-alcohol motifs (C(OH)–C–C–N with tert-alkyl or cyclic N) is 2. The molecule has 1 aliphatic carbocycles. The molecule has 1 saturated heterocycles. The van der Waals surface area contributed by atoms with Crippen LogP contribution in [0.1, 0.15) is 48.9 Å². The Morgan fingerprint density at radius 1 is 0.857 bits per heavy atom. The maximum Gasteiger partial charge on any atom is 0.350 e. The van der Waals surface area contributed by atoms with Gasteiger partial charge in [0, 0.05) is 29.1 Å². The van der Waals surface area contributed by atoms with Gasteiger partial charge in [-0.2, -0.15) is 4.90 Å². The first-order chi connectivity index (χ1) is 16.0. The smallest absolute Gasteiger partial charge is 0.350 e. The molecular weight excluding hydrogens is 488 g/mol. The quantitative estimate of drug-likeness (QED) is 0.150. The molecule has 2 aliphatic rings. The van der Waals surface area contributed by atoms with Gasteiger partial charge in [0.15, 0.2) is 11.5 Å². The lowest BCUT2D eigenvalue weighted by Crippen LogP contribution is -2.77. The molecule has 10 N–H and O–H groups in total. The van der Waals surface area contributed by atoms with E-state index >= 15 is 0 Å². The maximum absolute atomic E-state index is 10.7. The van der Waals surface area contributed by atoms with Gasteiger partial charge in [-0.15, -0.1) is 0 Å². The molecule has 2 aromatic rings. The van der Waals surface area contributed by atoms with Gasteiger partial charge in [0.05, 0.1) is 12.1 Å². The highest BCUT2D eigenvalue weighted by atomic mass is 35.5. The predicted molar refractivity (Wildman–Crippen MR) is 119 cm³/mol. The van der Waals surface area contributed by atoms with Crippen molar-refractivity contribution in [3.8, 4) is 28.7 Å². The summed E-state index contributed by atoms with van der Waals surface area (Å²) in [5.74, 6) is -8.50. The Morgan fingerprint density at radius 2 is 1.40 bits per heavy atom. The normalized spacial score (nSPS) is 24.5. The average molecular weight is 515 g/mol. The van der Waals surface area contributed by atoms with E-state index in [2.05, 4.69) is 0 Å². The molecule has 0 amide bonds. The summed E-state index contributed by atoms with van der Waals surface area (Å²) in [6.07, 6.45) is -3.44. The zero-order chi connectivity index (χ0) is 26.2. The van der Waals surface area contributed by atoms with Gasteiger partial charge in [0.1, 0.15) is 0 Å². The molecule has 2 aromatic carbocycles. The minimum Gasteiger partial charge on any atom is -0.504 e. The molecule has 4 rings (SSSR count). The first-order valence-electron chi connectivity index (χ1n) is 10.6. The minimum atomic E-state index is -3.53. The highest BCUT2D eigenvalue weighted by molar-refractivity contribution is 6.30. The zero-order valence-corrected chi connectivity index (χ0v) is 19.5. The van der Waals surface area contributed by atoms with E-state index in [0.29, 0.717) is 21.0 Å². The monoisotopic (exact) mass is 514 g/mol. The number of hydrogen-bond acceptors (Lipinski definition) is 12. The second-order valence-corrected chi connectivity index (χ2v) is 10.1. The van der Waals surface area contributed by atoms with Crippen LogP contribution in [0.15, 0.2) is 18.2 Å². The van der Waals surface area contributed by atoms with Crippen molar-refractivity contribution in [1.29, 1.82) is 0 Å². The van der Waals surface area contributed by atoms with Gasteiger partial charge in [0.2, 0.25) is 23.2 Å². The van der Waals surface area contributed by atoms with E-state index in [1.807, 2.05) is 0 Å². The van der Waals surface area contributed by atoms with Crippen molar-refractivity contribution in [3.05, 3.63) is 39.9 Å². The molecular formula is C22H27ClN2O10. The number of fused-ring (bicyclic) bond motifs is 1. The van der Waals surface area contributed by atoms with Crippen molar-refractivity contribution in [3.63, 3.8) is 0 Å². The number of aliphatic hydroxyl groups is 5. The Morgan fingerprint density at radius 3 is 1.91 bits per heavy atom. The highest BCUT2D eigenvalue weighted by Crippen LogP contribution is 2.59. The number of rotatable bonds is 3. The van der Waals surface area contributed by atoms with Crippen molar-refractivity contribution in [2.45, 2.75) is 49.8 Å². The molecule has 0 saturated carbocycles. The van der Waals surface area contributed by atoms with Gasteiger partial charge >= 0.3 is 6.10 Å². The Balaban J connectivity index is 1.81. The van der Waals surface area contributed by atoms with Crippen LogP contribution in [0.3, 0.4) is 0 Å². The summed E-state index contributed by atoms with van der Waals surface area (Å²) in [5, 5.41) is 102.